The second-order valence-electron chi connectivity index (χ2n) is 5.06. The van der Waals surface area contributed by atoms with Gasteiger partial charge < -0.3 is 10.6 Å². The normalized spacial score (nSPS) is 27.6. The highest BCUT2D eigenvalue weighted by Gasteiger charge is 2.26. The van der Waals surface area contributed by atoms with E-state index in [0.717, 1.165) is 24.8 Å². The maximum absolute atomic E-state index is 6.01. The standard InChI is InChI=1S/C11H21N3S/c1-11(2)5-6-14(7-8-15-11)10(12)13-9-3-4-9/h9H,3-8H2,1-2H3,(H2,12,13). The van der Waals surface area contributed by atoms with Gasteiger partial charge in [0.2, 0.25) is 0 Å². The van der Waals surface area contributed by atoms with Gasteiger partial charge in [0.05, 0.1) is 6.04 Å². The third-order valence-electron chi connectivity index (χ3n) is 3.02. The molecular weight excluding hydrogens is 206 g/mol. The van der Waals surface area contributed by atoms with Crippen LogP contribution in [0.3, 0.4) is 0 Å². The van der Waals surface area contributed by atoms with Gasteiger partial charge in [0.15, 0.2) is 5.96 Å². The highest BCUT2D eigenvalue weighted by atomic mass is 32.2. The minimum absolute atomic E-state index is 0.397. The van der Waals surface area contributed by atoms with Crippen molar-refractivity contribution < 1.29 is 0 Å². The van der Waals surface area contributed by atoms with Crippen molar-refractivity contribution in [2.45, 2.75) is 43.9 Å². The Morgan fingerprint density at radius 1 is 1.40 bits per heavy atom. The molecule has 4 heteroatoms. The van der Waals surface area contributed by atoms with Gasteiger partial charge in [-0.1, -0.05) is 13.8 Å². The van der Waals surface area contributed by atoms with Crippen LogP contribution in [0.25, 0.3) is 0 Å². The van der Waals surface area contributed by atoms with E-state index < -0.39 is 0 Å². The minimum Gasteiger partial charge on any atom is -0.370 e. The van der Waals surface area contributed by atoms with Crippen molar-refractivity contribution in [1.29, 1.82) is 0 Å². The Morgan fingerprint density at radius 3 is 2.80 bits per heavy atom. The molecule has 2 rings (SSSR count). The van der Waals surface area contributed by atoms with Crippen LogP contribution in [0.15, 0.2) is 4.99 Å². The van der Waals surface area contributed by atoms with E-state index in [4.69, 9.17) is 5.73 Å². The SMILES string of the molecule is CC1(C)CCN(C(N)=NC2CC2)CCS1. The molecule has 0 aromatic rings. The largest absolute Gasteiger partial charge is 0.370 e. The molecule has 2 aliphatic rings. The molecule has 0 atom stereocenters. The van der Waals surface area contributed by atoms with E-state index in [1.807, 2.05) is 11.8 Å². The smallest absolute Gasteiger partial charge is 0.191 e. The summed E-state index contributed by atoms with van der Waals surface area (Å²) in [6.45, 7) is 6.74. The lowest BCUT2D eigenvalue weighted by molar-refractivity contribution is 0.417. The van der Waals surface area contributed by atoms with Crippen LogP contribution in [-0.4, -0.2) is 40.5 Å². The van der Waals surface area contributed by atoms with E-state index in [0.29, 0.717) is 10.8 Å². The molecule has 86 valence electrons. The van der Waals surface area contributed by atoms with Crippen LogP contribution in [0.4, 0.5) is 0 Å². The number of nitrogens with two attached hydrogens (primary N) is 1. The first-order chi connectivity index (χ1) is 7.07. The third kappa shape index (κ3) is 3.30. The average Bonchev–Trinajstić information content (AvgIpc) is 2.93. The van der Waals surface area contributed by atoms with Crippen molar-refractivity contribution in [2.75, 3.05) is 18.8 Å². The molecule has 2 N–H and O–H groups in total. The molecule has 0 aromatic heterocycles. The molecule has 0 unspecified atom stereocenters. The third-order valence-corrected chi connectivity index (χ3v) is 4.40. The Kier molecular flexibility index (Phi) is 3.14. The molecule has 1 aliphatic heterocycles. The maximum Gasteiger partial charge on any atom is 0.191 e. The van der Waals surface area contributed by atoms with Gasteiger partial charge in [0, 0.05) is 23.6 Å². The Morgan fingerprint density at radius 2 is 2.13 bits per heavy atom. The summed E-state index contributed by atoms with van der Waals surface area (Å²) < 4.78 is 0.397. The second-order valence-corrected chi connectivity index (χ2v) is 6.87. The van der Waals surface area contributed by atoms with Gasteiger partial charge in [-0.25, -0.2) is 4.99 Å². The zero-order valence-electron chi connectivity index (χ0n) is 9.70. The highest BCUT2D eigenvalue weighted by molar-refractivity contribution is 8.00. The van der Waals surface area contributed by atoms with Gasteiger partial charge in [-0.3, -0.25) is 0 Å². The number of hydrogen-bond acceptors (Lipinski definition) is 2. The Balaban J connectivity index is 1.92. The predicted molar refractivity (Wildman–Crippen MR) is 67.4 cm³/mol. The zero-order chi connectivity index (χ0) is 10.9. The summed E-state index contributed by atoms with van der Waals surface area (Å²) in [6, 6.07) is 0.536. The molecule has 1 aliphatic carbocycles. The summed E-state index contributed by atoms with van der Waals surface area (Å²) >= 11 is 2.04. The summed E-state index contributed by atoms with van der Waals surface area (Å²) in [6.07, 6.45) is 3.65. The van der Waals surface area contributed by atoms with E-state index in [2.05, 4.69) is 23.7 Å². The first-order valence-corrected chi connectivity index (χ1v) is 6.77. The lowest BCUT2D eigenvalue weighted by atomic mass is 10.1. The maximum atomic E-state index is 6.01. The van der Waals surface area contributed by atoms with Gasteiger partial charge in [-0.05, 0) is 19.3 Å². The summed E-state index contributed by atoms with van der Waals surface area (Å²) in [7, 11) is 0. The number of aliphatic imine (C=N–C) groups is 1. The van der Waals surface area contributed by atoms with E-state index >= 15 is 0 Å². The monoisotopic (exact) mass is 227 g/mol. The molecule has 0 aromatic carbocycles. The quantitative estimate of drug-likeness (QED) is 0.547. The predicted octanol–water partition coefficient (Wildman–Crippen LogP) is 1.68. The van der Waals surface area contributed by atoms with E-state index in [1.165, 1.54) is 19.3 Å². The summed E-state index contributed by atoms with van der Waals surface area (Å²) in [4.78, 5) is 6.76. The van der Waals surface area contributed by atoms with Crippen LogP contribution in [-0.2, 0) is 0 Å². The number of nitrogens with zero attached hydrogens (tertiary/aromatic N) is 2. The van der Waals surface area contributed by atoms with Crippen molar-refractivity contribution in [3.05, 3.63) is 0 Å². The van der Waals surface area contributed by atoms with E-state index in [1.54, 1.807) is 0 Å². The zero-order valence-corrected chi connectivity index (χ0v) is 10.5. The van der Waals surface area contributed by atoms with Crippen molar-refractivity contribution in [2.24, 2.45) is 10.7 Å². The molecule has 0 bridgehead atoms. The lowest BCUT2D eigenvalue weighted by Crippen LogP contribution is -2.39. The fraction of sp³-hybridized carbons (Fsp3) is 0.909. The fourth-order valence-corrected chi connectivity index (χ4v) is 2.82. The average molecular weight is 227 g/mol. The first kappa shape index (κ1) is 11.1. The van der Waals surface area contributed by atoms with E-state index in [-0.39, 0.29) is 0 Å². The number of rotatable bonds is 1. The molecule has 0 amide bonds. The molecule has 2 fully saturated rings. The fourth-order valence-electron chi connectivity index (χ4n) is 1.72. The van der Waals surface area contributed by atoms with Crippen molar-refractivity contribution in [1.82, 2.24) is 4.90 Å². The van der Waals surface area contributed by atoms with Crippen LogP contribution >= 0.6 is 11.8 Å². The molecule has 0 radical (unpaired) electrons. The summed E-state index contributed by atoms with van der Waals surface area (Å²) in [5.41, 5.74) is 6.01. The molecule has 1 saturated carbocycles. The Labute approximate surface area is 96.5 Å². The molecule has 3 nitrogen and oxygen atoms in total. The second kappa shape index (κ2) is 4.24. The van der Waals surface area contributed by atoms with Crippen LogP contribution < -0.4 is 5.73 Å². The van der Waals surface area contributed by atoms with Gasteiger partial charge in [-0.2, -0.15) is 11.8 Å². The van der Waals surface area contributed by atoms with Crippen molar-refractivity contribution in [3.63, 3.8) is 0 Å². The number of hydrogen-bond donors (Lipinski definition) is 1. The van der Waals surface area contributed by atoms with Crippen LogP contribution in [0.1, 0.15) is 33.1 Å². The molecule has 1 heterocycles. The van der Waals surface area contributed by atoms with Gasteiger partial charge >= 0.3 is 0 Å². The van der Waals surface area contributed by atoms with Gasteiger partial charge in [0.1, 0.15) is 0 Å². The molecule has 1 saturated heterocycles. The van der Waals surface area contributed by atoms with Crippen LogP contribution in [0, 0.1) is 0 Å². The Hall–Kier alpha value is -0.380. The molecule has 0 spiro atoms. The van der Waals surface area contributed by atoms with Crippen LogP contribution in [0.2, 0.25) is 0 Å². The van der Waals surface area contributed by atoms with Crippen molar-refractivity contribution >= 4 is 17.7 Å². The minimum atomic E-state index is 0.397. The molecular formula is C11H21N3S. The molecule has 15 heavy (non-hydrogen) atoms. The van der Waals surface area contributed by atoms with Crippen LogP contribution in [0.5, 0.6) is 0 Å². The highest BCUT2D eigenvalue weighted by Crippen LogP contribution is 2.31. The summed E-state index contributed by atoms with van der Waals surface area (Å²) in [5.74, 6) is 1.93. The number of guanidine groups is 1. The first-order valence-electron chi connectivity index (χ1n) is 5.79. The van der Waals surface area contributed by atoms with Gasteiger partial charge in [-0.15, -0.1) is 0 Å². The summed E-state index contributed by atoms with van der Waals surface area (Å²) in [5, 5.41) is 0. The Bertz CT molecular complexity index is 259. The van der Waals surface area contributed by atoms with Gasteiger partial charge in [0.25, 0.3) is 0 Å². The van der Waals surface area contributed by atoms with Crippen molar-refractivity contribution in [3.8, 4) is 0 Å². The topological polar surface area (TPSA) is 41.6 Å². The number of thioether (sulfide) groups is 1. The lowest BCUT2D eigenvalue weighted by Gasteiger charge is -2.23. The van der Waals surface area contributed by atoms with E-state index in [9.17, 15) is 0 Å².